The van der Waals surface area contributed by atoms with Crippen molar-refractivity contribution in [3.63, 3.8) is 0 Å². The number of hydrogen-bond donors (Lipinski definition) is 1. The summed E-state index contributed by atoms with van der Waals surface area (Å²) in [4.78, 5) is 12.7. The number of sulfonamides is 1. The monoisotopic (exact) mass is 426 g/mol. The highest BCUT2D eigenvalue weighted by Gasteiger charge is 2.27. The zero-order chi connectivity index (χ0) is 21.7. The Bertz CT molecular complexity index is 1110. The third-order valence-electron chi connectivity index (χ3n) is 4.66. The number of nitrogens with zero attached hydrogens (tertiary/aromatic N) is 1. The highest BCUT2D eigenvalue weighted by Crippen LogP contribution is 2.25. The molecule has 0 bridgehead atoms. The molecule has 0 saturated carbocycles. The third-order valence-corrected chi connectivity index (χ3v) is 6.44. The number of carbonyl (C=O) groups is 1. The van der Waals surface area contributed by atoms with E-state index in [4.69, 9.17) is 0 Å². The number of halogens is 1. The first-order valence-electron chi connectivity index (χ1n) is 9.53. The van der Waals surface area contributed by atoms with Crippen LogP contribution in [-0.2, 0) is 21.2 Å². The van der Waals surface area contributed by atoms with Crippen molar-refractivity contribution in [1.82, 2.24) is 0 Å². The zero-order valence-electron chi connectivity index (χ0n) is 16.8. The number of anilines is 2. The highest BCUT2D eigenvalue weighted by molar-refractivity contribution is 7.92. The number of rotatable bonds is 7. The molecule has 0 aliphatic heterocycles. The van der Waals surface area contributed by atoms with E-state index in [0.29, 0.717) is 11.4 Å². The SMILES string of the molecule is CCc1ccc(N(CC(=O)Nc2ccc(F)cc2)S(=O)(=O)c2ccc(C)cc2)cc1. The molecule has 0 atom stereocenters. The Morgan fingerprint density at radius 2 is 1.53 bits per heavy atom. The normalized spacial score (nSPS) is 11.2. The molecule has 30 heavy (non-hydrogen) atoms. The van der Waals surface area contributed by atoms with Gasteiger partial charge in [0, 0.05) is 5.69 Å². The van der Waals surface area contributed by atoms with Crippen LogP contribution in [0.2, 0.25) is 0 Å². The quantitative estimate of drug-likeness (QED) is 0.604. The lowest BCUT2D eigenvalue weighted by Gasteiger charge is -2.24. The van der Waals surface area contributed by atoms with E-state index in [0.717, 1.165) is 21.9 Å². The summed E-state index contributed by atoms with van der Waals surface area (Å²) in [5, 5.41) is 2.61. The molecule has 0 unspecified atom stereocenters. The lowest BCUT2D eigenvalue weighted by molar-refractivity contribution is -0.114. The van der Waals surface area contributed by atoms with Gasteiger partial charge in [0.15, 0.2) is 0 Å². The molecule has 0 aliphatic carbocycles. The van der Waals surface area contributed by atoms with Crippen molar-refractivity contribution in [3.8, 4) is 0 Å². The fourth-order valence-corrected chi connectivity index (χ4v) is 4.34. The minimum Gasteiger partial charge on any atom is -0.325 e. The van der Waals surface area contributed by atoms with Crippen molar-refractivity contribution in [2.24, 2.45) is 0 Å². The van der Waals surface area contributed by atoms with Crippen LogP contribution in [0, 0.1) is 12.7 Å². The van der Waals surface area contributed by atoms with Gasteiger partial charge in [-0.2, -0.15) is 0 Å². The van der Waals surface area contributed by atoms with Crippen LogP contribution in [0.5, 0.6) is 0 Å². The van der Waals surface area contributed by atoms with Gasteiger partial charge in [-0.05, 0) is 67.4 Å². The maximum Gasteiger partial charge on any atom is 0.264 e. The van der Waals surface area contributed by atoms with E-state index in [2.05, 4.69) is 5.32 Å². The van der Waals surface area contributed by atoms with Gasteiger partial charge in [0.05, 0.1) is 10.6 Å². The second kappa shape index (κ2) is 9.09. The van der Waals surface area contributed by atoms with Crippen LogP contribution < -0.4 is 9.62 Å². The van der Waals surface area contributed by atoms with Gasteiger partial charge in [-0.3, -0.25) is 9.10 Å². The number of amides is 1. The predicted molar refractivity (Wildman–Crippen MR) is 117 cm³/mol. The highest BCUT2D eigenvalue weighted by atomic mass is 32.2. The van der Waals surface area contributed by atoms with Crippen LogP contribution in [0.4, 0.5) is 15.8 Å². The van der Waals surface area contributed by atoms with Crippen LogP contribution in [0.1, 0.15) is 18.1 Å². The Kier molecular flexibility index (Phi) is 6.52. The fourth-order valence-electron chi connectivity index (χ4n) is 2.91. The Morgan fingerprint density at radius 3 is 2.10 bits per heavy atom. The van der Waals surface area contributed by atoms with Crippen LogP contribution in [0.25, 0.3) is 0 Å². The van der Waals surface area contributed by atoms with Crippen molar-refractivity contribution in [3.05, 3.63) is 89.7 Å². The Hall–Kier alpha value is -3.19. The largest absolute Gasteiger partial charge is 0.325 e. The lowest BCUT2D eigenvalue weighted by atomic mass is 10.1. The maximum absolute atomic E-state index is 13.3. The molecule has 7 heteroatoms. The molecule has 3 aromatic carbocycles. The minimum absolute atomic E-state index is 0.0993. The van der Waals surface area contributed by atoms with Gasteiger partial charge < -0.3 is 5.32 Å². The summed E-state index contributed by atoms with van der Waals surface area (Å²) in [6, 6.07) is 18.8. The molecule has 0 fully saturated rings. The first-order valence-corrected chi connectivity index (χ1v) is 11.0. The molecule has 5 nitrogen and oxygen atoms in total. The molecule has 0 radical (unpaired) electrons. The van der Waals surface area contributed by atoms with Crippen LogP contribution in [0.15, 0.2) is 77.7 Å². The van der Waals surface area contributed by atoms with Gasteiger partial charge in [0.1, 0.15) is 12.4 Å². The van der Waals surface area contributed by atoms with Gasteiger partial charge in [0.25, 0.3) is 10.0 Å². The van der Waals surface area contributed by atoms with E-state index in [-0.39, 0.29) is 4.90 Å². The Labute approximate surface area is 176 Å². The molecule has 1 N–H and O–H groups in total. The molecule has 0 heterocycles. The zero-order valence-corrected chi connectivity index (χ0v) is 17.6. The summed E-state index contributed by atoms with van der Waals surface area (Å²) in [7, 11) is -3.97. The molecular weight excluding hydrogens is 403 g/mol. The summed E-state index contributed by atoms with van der Waals surface area (Å²) in [5.74, 6) is -0.954. The second-order valence-electron chi connectivity index (χ2n) is 6.90. The van der Waals surface area contributed by atoms with Crippen molar-refractivity contribution in [2.75, 3.05) is 16.2 Å². The van der Waals surface area contributed by atoms with Gasteiger partial charge in [0.2, 0.25) is 5.91 Å². The van der Waals surface area contributed by atoms with E-state index < -0.39 is 28.3 Å². The molecule has 1 amide bonds. The van der Waals surface area contributed by atoms with Gasteiger partial charge >= 0.3 is 0 Å². The number of benzene rings is 3. The number of carbonyl (C=O) groups excluding carboxylic acids is 1. The molecule has 3 rings (SSSR count). The number of hydrogen-bond acceptors (Lipinski definition) is 3. The van der Waals surface area contributed by atoms with E-state index >= 15 is 0 Å². The second-order valence-corrected chi connectivity index (χ2v) is 8.76. The molecule has 3 aromatic rings. The number of nitrogens with one attached hydrogen (secondary N) is 1. The van der Waals surface area contributed by atoms with Crippen LogP contribution in [-0.4, -0.2) is 20.9 Å². The summed E-state index contributed by atoms with van der Waals surface area (Å²) in [5.41, 5.74) is 2.77. The Morgan fingerprint density at radius 1 is 0.933 bits per heavy atom. The summed E-state index contributed by atoms with van der Waals surface area (Å²) < 4.78 is 40.8. The first kappa shape index (κ1) is 21.5. The predicted octanol–water partition coefficient (Wildman–Crippen LogP) is 4.53. The van der Waals surface area contributed by atoms with Crippen molar-refractivity contribution >= 4 is 27.3 Å². The van der Waals surface area contributed by atoms with Crippen LogP contribution in [0.3, 0.4) is 0 Å². The topological polar surface area (TPSA) is 66.5 Å². The summed E-state index contributed by atoms with van der Waals surface area (Å²) >= 11 is 0. The van der Waals surface area contributed by atoms with Gasteiger partial charge in [-0.1, -0.05) is 36.8 Å². The van der Waals surface area contributed by atoms with E-state index in [1.807, 2.05) is 26.0 Å². The molecule has 156 valence electrons. The van der Waals surface area contributed by atoms with E-state index in [1.54, 1.807) is 24.3 Å². The van der Waals surface area contributed by atoms with Gasteiger partial charge in [-0.15, -0.1) is 0 Å². The standard InChI is InChI=1S/C23H23FN2O3S/c1-3-18-6-12-21(13-7-18)26(30(28,29)22-14-4-17(2)5-15-22)16-23(27)25-20-10-8-19(24)9-11-20/h4-15H,3,16H2,1-2H3,(H,25,27). The molecular formula is C23H23FN2O3S. The minimum atomic E-state index is -3.97. The summed E-state index contributed by atoms with van der Waals surface area (Å²) in [6.07, 6.45) is 0.816. The van der Waals surface area contributed by atoms with Crippen molar-refractivity contribution in [2.45, 2.75) is 25.2 Å². The van der Waals surface area contributed by atoms with E-state index in [1.165, 1.54) is 36.4 Å². The van der Waals surface area contributed by atoms with Gasteiger partial charge in [-0.25, -0.2) is 12.8 Å². The van der Waals surface area contributed by atoms with Crippen molar-refractivity contribution in [1.29, 1.82) is 0 Å². The third kappa shape index (κ3) is 5.04. The van der Waals surface area contributed by atoms with Crippen molar-refractivity contribution < 1.29 is 17.6 Å². The molecule has 0 aromatic heterocycles. The average Bonchev–Trinajstić information content (AvgIpc) is 2.74. The molecule has 0 spiro atoms. The number of aryl methyl sites for hydroxylation is 2. The van der Waals surface area contributed by atoms with E-state index in [9.17, 15) is 17.6 Å². The van der Waals surface area contributed by atoms with Crippen LogP contribution >= 0.6 is 0 Å². The fraction of sp³-hybridized carbons (Fsp3) is 0.174. The summed E-state index contributed by atoms with van der Waals surface area (Å²) in [6.45, 7) is 3.46. The average molecular weight is 427 g/mol. The lowest BCUT2D eigenvalue weighted by Crippen LogP contribution is -2.38. The maximum atomic E-state index is 13.3. The molecule has 0 aliphatic rings. The first-order chi connectivity index (χ1) is 14.3. The smallest absolute Gasteiger partial charge is 0.264 e. The Balaban J connectivity index is 1.93. The molecule has 0 saturated heterocycles.